The zero-order chi connectivity index (χ0) is 23.9. The molecule has 176 valence electrons. The summed E-state index contributed by atoms with van der Waals surface area (Å²) in [6.45, 7) is 8.13. The van der Waals surface area contributed by atoms with Crippen molar-refractivity contribution >= 4 is 27.3 Å². The summed E-state index contributed by atoms with van der Waals surface area (Å²) in [7, 11) is -3.82. The Morgan fingerprint density at radius 1 is 0.969 bits per heavy atom. The van der Waals surface area contributed by atoms with Gasteiger partial charge in [0.15, 0.2) is 11.6 Å². The van der Waals surface area contributed by atoms with Crippen molar-refractivity contribution in [3.8, 4) is 5.75 Å². The molecule has 2 aromatic carbocycles. The lowest BCUT2D eigenvalue weighted by Gasteiger charge is -2.23. The summed E-state index contributed by atoms with van der Waals surface area (Å²) in [5.74, 6) is -2.20. The number of carbonyl (C=O) groups excluding carboxylic acids is 1. The van der Waals surface area contributed by atoms with Crippen LogP contribution in [0.15, 0.2) is 41.3 Å². The lowest BCUT2D eigenvalue weighted by molar-refractivity contribution is -0.115. The number of rotatable bonds is 11. The normalized spacial score (nSPS) is 11.5. The van der Waals surface area contributed by atoms with E-state index in [4.69, 9.17) is 4.74 Å². The number of anilines is 2. The number of nitrogens with one attached hydrogen (secondary N) is 1. The molecule has 0 saturated carbocycles. The van der Waals surface area contributed by atoms with E-state index >= 15 is 0 Å². The predicted molar refractivity (Wildman–Crippen MR) is 121 cm³/mol. The smallest absolute Gasteiger partial charge is 0.246 e. The van der Waals surface area contributed by atoms with Crippen molar-refractivity contribution in [1.82, 2.24) is 4.31 Å². The van der Waals surface area contributed by atoms with Crippen LogP contribution in [0.2, 0.25) is 0 Å². The highest BCUT2D eigenvalue weighted by molar-refractivity contribution is 7.89. The van der Waals surface area contributed by atoms with Gasteiger partial charge < -0.3 is 15.0 Å². The summed E-state index contributed by atoms with van der Waals surface area (Å²) in [5, 5.41) is 2.67. The molecule has 2 rings (SSSR count). The molecule has 0 unspecified atom stereocenters. The van der Waals surface area contributed by atoms with Crippen LogP contribution in [0.5, 0.6) is 5.75 Å². The predicted octanol–water partition coefficient (Wildman–Crippen LogP) is 3.86. The van der Waals surface area contributed by atoms with Gasteiger partial charge in [-0.3, -0.25) is 4.79 Å². The largest absolute Gasteiger partial charge is 0.492 e. The zero-order valence-corrected chi connectivity index (χ0v) is 19.5. The summed E-state index contributed by atoms with van der Waals surface area (Å²) in [6, 6.07) is 7.84. The van der Waals surface area contributed by atoms with Gasteiger partial charge in [-0.2, -0.15) is 4.31 Å². The van der Waals surface area contributed by atoms with E-state index in [1.807, 2.05) is 0 Å². The molecule has 0 atom stereocenters. The molecule has 0 radical (unpaired) electrons. The molecule has 1 amide bonds. The Morgan fingerprint density at radius 2 is 1.66 bits per heavy atom. The van der Waals surface area contributed by atoms with Crippen molar-refractivity contribution in [2.75, 3.05) is 43.0 Å². The molecule has 0 aromatic heterocycles. The molecule has 10 heteroatoms. The van der Waals surface area contributed by atoms with Gasteiger partial charge in [-0.05, 0) is 44.2 Å². The number of ether oxygens (including phenoxy) is 1. The number of amides is 1. The van der Waals surface area contributed by atoms with E-state index in [0.29, 0.717) is 25.3 Å². The number of hydrogen-bond acceptors (Lipinski definition) is 5. The molecule has 0 spiro atoms. The highest BCUT2D eigenvalue weighted by Gasteiger charge is 2.26. The molecule has 1 N–H and O–H groups in total. The maximum absolute atomic E-state index is 13.6. The SMILES string of the molecule is CCOc1ccc(NC(=O)CN(CC)c2ccc(F)c(F)c2)cc1S(=O)(=O)N(CC)CC. The standard InChI is InChI=1S/C22H29F2N3O4S/c1-5-26(17-10-11-18(23)19(24)14-17)15-22(28)25-16-9-12-20(31-8-4)21(13-16)32(29,30)27(6-2)7-3/h9-14H,5-8,15H2,1-4H3,(H,25,28). The Hall–Kier alpha value is -2.72. The third-order valence-electron chi connectivity index (χ3n) is 4.84. The van der Waals surface area contributed by atoms with Crippen LogP contribution >= 0.6 is 0 Å². The second-order valence-electron chi connectivity index (χ2n) is 6.84. The first-order chi connectivity index (χ1) is 15.2. The Labute approximate surface area is 188 Å². The Balaban J connectivity index is 2.28. The van der Waals surface area contributed by atoms with Gasteiger partial charge in [-0.1, -0.05) is 13.8 Å². The van der Waals surface area contributed by atoms with E-state index in [-0.39, 0.29) is 29.5 Å². The fraction of sp³-hybridized carbons (Fsp3) is 0.409. The van der Waals surface area contributed by atoms with E-state index in [1.54, 1.807) is 38.7 Å². The number of nitrogens with zero attached hydrogens (tertiary/aromatic N) is 2. The van der Waals surface area contributed by atoms with Crippen LogP contribution < -0.4 is 15.0 Å². The minimum absolute atomic E-state index is 0.0335. The van der Waals surface area contributed by atoms with Gasteiger partial charge in [0.25, 0.3) is 0 Å². The van der Waals surface area contributed by atoms with Gasteiger partial charge >= 0.3 is 0 Å². The number of carbonyl (C=O) groups is 1. The van der Waals surface area contributed by atoms with E-state index in [2.05, 4.69) is 5.32 Å². The second kappa shape index (κ2) is 11.2. The molecule has 0 aliphatic heterocycles. The Bertz CT molecular complexity index is 1040. The number of sulfonamides is 1. The molecule has 0 aliphatic carbocycles. The van der Waals surface area contributed by atoms with Crippen LogP contribution in [0, 0.1) is 11.6 Å². The molecular weight excluding hydrogens is 440 g/mol. The first-order valence-electron chi connectivity index (χ1n) is 10.4. The van der Waals surface area contributed by atoms with Crippen molar-refractivity contribution in [1.29, 1.82) is 0 Å². The number of halogens is 2. The third-order valence-corrected chi connectivity index (χ3v) is 6.91. The molecule has 0 aliphatic rings. The van der Waals surface area contributed by atoms with Gasteiger partial charge in [0.2, 0.25) is 15.9 Å². The highest BCUT2D eigenvalue weighted by Crippen LogP contribution is 2.30. The van der Waals surface area contributed by atoms with Crippen LogP contribution in [-0.4, -0.2) is 51.4 Å². The summed E-state index contributed by atoms with van der Waals surface area (Å²) < 4.78 is 59.7. The fourth-order valence-electron chi connectivity index (χ4n) is 3.21. The monoisotopic (exact) mass is 469 g/mol. The third kappa shape index (κ3) is 5.95. The molecule has 7 nitrogen and oxygen atoms in total. The second-order valence-corrected chi connectivity index (χ2v) is 8.75. The number of likely N-dealkylation sites (N-methyl/N-ethyl adjacent to an activating group) is 1. The maximum Gasteiger partial charge on any atom is 0.246 e. The fourth-order valence-corrected chi connectivity index (χ4v) is 4.82. The van der Waals surface area contributed by atoms with Crippen molar-refractivity contribution in [3.05, 3.63) is 48.0 Å². The maximum atomic E-state index is 13.6. The molecule has 32 heavy (non-hydrogen) atoms. The molecule has 0 saturated heterocycles. The van der Waals surface area contributed by atoms with E-state index in [9.17, 15) is 22.0 Å². The van der Waals surface area contributed by atoms with Crippen molar-refractivity contribution in [3.63, 3.8) is 0 Å². The van der Waals surface area contributed by atoms with Crippen LogP contribution in [0.1, 0.15) is 27.7 Å². The first kappa shape index (κ1) is 25.5. The van der Waals surface area contributed by atoms with Gasteiger partial charge in [-0.15, -0.1) is 0 Å². The molecular formula is C22H29F2N3O4S. The molecule has 0 fully saturated rings. The summed E-state index contributed by atoms with van der Waals surface area (Å²) in [5.41, 5.74) is 0.642. The zero-order valence-electron chi connectivity index (χ0n) is 18.7. The Morgan fingerprint density at radius 3 is 2.22 bits per heavy atom. The summed E-state index contributed by atoms with van der Waals surface area (Å²) in [6.07, 6.45) is 0. The van der Waals surface area contributed by atoms with E-state index in [0.717, 1.165) is 12.1 Å². The van der Waals surface area contributed by atoms with Crippen molar-refractivity contribution < 1.29 is 26.7 Å². The van der Waals surface area contributed by atoms with Gasteiger partial charge in [-0.25, -0.2) is 17.2 Å². The van der Waals surface area contributed by atoms with Crippen LogP contribution in [0.25, 0.3) is 0 Å². The lowest BCUT2D eigenvalue weighted by Crippen LogP contribution is -2.33. The first-order valence-corrected chi connectivity index (χ1v) is 11.9. The van der Waals surface area contributed by atoms with Crippen LogP contribution in [-0.2, 0) is 14.8 Å². The average molecular weight is 470 g/mol. The molecule has 0 bridgehead atoms. The quantitative estimate of drug-likeness (QED) is 0.541. The van der Waals surface area contributed by atoms with Crippen molar-refractivity contribution in [2.24, 2.45) is 0 Å². The topological polar surface area (TPSA) is 79.0 Å². The number of hydrogen-bond donors (Lipinski definition) is 1. The minimum atomic E-state index is -3.82. The average Bonchev–Trinajstić information content (AvgIpc) is 2.76. The summed E-state index contributed by atoms with van der Waals surface area (Å²) >= 11 is 0. The van der Waals surface area contributed by atoms with Crippen molar-refractivity contribution in [2.45, 2.75) is 32.6 Å². The molecule has 2 aromatic rings. The summed E-state index contributed by atoms with van der Waals surface area (Å²) in [4.78, 5) is 14.1. The van der Waals surface area contributed by atoms with E-state index in [1.165, 1.54) is 22.5 Å². The van der Waals surface area contributed by atoms with Crippen LogP contribution in [0.3, 0.4) is 0 Å². The van der Waals surface area contributed by atoms with Gasteiger partial charge in [0.1, 0.15) is 10.6 Å². The van der Waals surface area contributed by atoms with Crippen LogP contribution in [0.4, 0.5) is 20.2 Å². The lowest BCUT2D eigenvalue weighted by atomic mass is 10.2. The van der Waals surface area contributed by atoms with Gasteiger partial charge in [0.05, 0.1) is 13.2 Å². The number of benzene rings is 2. The molecule has 0 heterocycles. The van der Waals surface area contributed by atoms with E-state index < -0.39 is 27.6 Å². The minimum Gasteiger partial charge on any atom is -0.492 e. The Kier molecular flexibility index (Phi) is 8.97. The van der Waals surface area contributed by atoms with Gasteiger partial charge in [0, 0.05) is 37.1 Å². The highest BCUT2D eigenvalue weighted by atomic mass is 32.2.